The van der Waals surface area contributed by atoms with Gasteiger partial charge in [0, 0.05) is 30.5 Å². The Balaban J connectivity index is 2.84. The first-order chi connectivity index (χ1) is 7.60. The molecule has 0 fully saturated rings. The van der Waals surface area contributed by atoms with E-state index in [1.165, 1.54) is 0 Å². The summed E-state index contributed by atoms with van der Waals surface area (Å²) >= 11 is 0. The highest BCUT2D eigenvalue weighted by Crippen LogP contribution is 2.14. The Morgan fingerprint density at radius 3 is 2.69 bits per heavy atom. The van der Waals surface area contributed by atoms with E-state index in [9.17, 15) is 0 Å². The molecule has 0 bridgehead atoms. The van der Waals surface area contributed by atoms with Gasteiger partial charge in [-0.2, -0.15) is 0 Å². The molecular formula is C12H21N3O. The van der Waals surface area contributed by atoms with Gasteiger partial charge < -0.3 is 10.0 Å². The molecule has 1 aromatic heterocycles. The average Bonchev–Trinajstić information content (AvgIpc) is 2.28. The van der Waals surface area contributed by atoms with Crippen LogP contribution in [0.2, 0.25) is 0 Å². The zero-order chi connectivity index (χ0) is 12.1. The van der Waals surface area contributed by atoms with Gasteiger partial charge in [0.1, 0.15) is 0 Å². The van der Waals surface area contributed by atoms with E-state index in [1.807, 2.05) is 14.0 Å². The molecule has 0 aliphatic rings. The van der Waals surface area contributed by atoms with Crippen molar-refractivity contribution in [2.24, 2.45) is 0 Å². The third-order valence-corrected chi connectivity index (χ3v) is 2.92. The van der Waals surface area contributed by atoms with Crippen LogP contribution in [0, 0.1) is 6.92 Å². The maximum Gasteiger partial charge on any atom is 0.225 e. The van der Waals surface area contributed by atoms with Crippen LogP contribution < -0.4 is 4.90 Å². The second kappa shape index (κ2) is 5.80. The molecule has 90 valence electrons. The maximum absolute atomic E-state index is 9.05. The lowest BCUT2D eigenvalue weighted by molar-refractivity contribution is 0.280. The quantitative estimate of drug-likeness (QED) is 0.828. The Hall–Kier alpha value is -1.16. The van der Waals surface area contributed by atoms with E-state index in [4.69, 9.17) is 5.11 Å². The summed E-state index contributed by atoms with van der Waals surface area (Å²) in [6, 6.07) is 0.435. The zero-order valence-corrected chi connectivity index (χ0v) is 10.6. The number of aryl methyl sites for hydroxylation is 1. The smallest absolute Gasteiger partial charge is 0.225 e. The molecule has 4 nitrogen and oxygen atoms in total. The van der Waals surface area contributed by atoms with E-state index in [0.29, 0.717) is 6.04 Å². The van der Waals surface area contributed by atoms with Crippen LogP contribution in [0.5, 0.6) is 0 Å². The minimum Gasteiger partial charge on any atom is -0.392 e. The number of aromatic nitrogens is 2. The van der Waals surface area contributed by atoms with E-state index in [2.05, 4.69) is 28.7 Å². The van der Waals surface area contributed by atoms with Crippen molar-refractivity contribution in [2.75, 3.05) is 11.9 Å². The first-order valence-corrected chi connectivity index (χ1v) is 5.76. The summed E-state index contributed by atoms with van der Waals surface area (Å²) in [6.07, 6.45) is 3.98. The van der Waals surface area contributed by atoms with Gasteiger partial charge in [-0.05, 0) is 20.3 Å². The second-order valence-corrected chi connectivity index (χ2v) is 4.19. The first-order valence-electron chi connectivity index (χ1n) is 5.76. The number of aliphatic hydroxyl groups is 1. The van der Waals surface area contributed by atoms with Crippen molar-refractivity contribution in [1.29, 1.82) is 0 Å². The van der Waals surface area contributed by atoms with Gasteiger partial charge in [-0.3, -0.25) is 0 Å². The third kappa shape index (κ3) is 2.92. The molecule has 4 heteroatoms. The summed E-state index contributed by atoms with van der Waals surface area (Å²) in [7, 11) is 2.01. The van der Waals surface area contributed by atoms with Crippen LogP contribution in [0.3, 0.4) is 0 Å². The largest absolute Gasteiger partial charge is 0.392 e. The minimum absolute atomic E-state index is 0.000338. The second-order valence-electron chi connectivity index (χ2n) is 4.19. The highest BCUT2D eigenvalue weighted by Gasteiger charge is 2.12. The van der Waals surface area contributed by atoms with Gasteiger partial charge in [0.2, 0.25) is 5.95 Å². The van der Waals surface area contributed by atoms with E-state index in [0.717, 1.165) is 30.0 Å². The molecule has 1 rings (SSSR count). The van der Waals surface area contributed by atoms with E-state index >= 15 is 0 Å². The van der Waals surface area contributed by atoms with Gasteiger partial charge in [-0.1, -0.05) is 13.3 Å². The molecule has 0 aliphatic heterocycles. The number of rotatable bonds is 5. The van der Waals surface area contributed by atoms with Crippen molar-refractivity contribution in [1.82, 2.24) is 9.97 Å². The third-order valence-electron chi connectivity index (χ3n) is 2.92. The lowest BCUT2D eigenvalue weighted by Crippen LogP contribution is -2.30. The topological polar surface area (TPSA) is 49.2 Å². The Morgan fingerprint density at radius 1 is 1.50 bits per heavy atom. The number of hydrogen-bond acceptors (Lipinski definition) is 4. The molecule has 1 unspecified atom stereocenters. The van der Waals surface area contributed by atoms with Gasteiger partial charge in [0.15, 0.2) is 0 Å². The van der Waals surface area contributed by atoms with E-state index in [1.54, 1.807) is 6.20 Å². The van der Waals surface area contributed by atoms with Crippen LogP contribution in [0.1, 0.15) is 37.9 Å². The van der Waals surface area contributed by atoms with Crippen LogP contribution in [0.25, 0.3) is 0 Å². The Bertz CT molecular complexity index is 341. The fraction of sp³-hybridized carbons (Fsp3) is 0.667. The summed E-state index contributed by atoms with van der Waals surface area (Å²) in [4.78, 5) is 10.8. The summed E-state index contributed by atoms with van der Waals surface area (Å²) < 4.78 is 0. The summed E-state index contributed by atoms with van der Waals surface area (Å²) in [5.74, 6) is 0.732. The number of aliphatic hydroxyl groups excluding tert-OH is 1. The van der Waals surface area contributed by atoms with E-state index in [-0.39, 0.29) is 6.61 Å². The van der Waals surface area contributed by atoms with Gasteiger partial charge in [0.05, 0.1) is 6.61 Å². The highest BCUT2D eigenvalue weighted by atomic mass is 16.3. The van der Waals surface area contributed by atoms with Crippen molar-refractivity contribution in [3.63, 3.8) is 0 Å². The van der Waals surface area contributed by atoms with Gasteiger partial charge in [-0.25, -0.2) is 9.97 Å². The normalized spacial score (nSPS) is 12.6. The SMILES string of the molecule is CCCC(C)N(C)c1ncc(CO)c(C)n1. The van der Waals surface area contributed by atoms with Crippen LogP contribution in [-0.4, -0.2) is 28.2 Å². The van der Waals surface area contributed by atoms with Crippen LogP contribution in [0.4, 0.5) is 5.95 Å². The molecule has 0 aromatic carbocycles. The monoisotopic (exact) mass is 223 g/mol. The average molecular weight is 223 g/mol. The number of anilines is 1. The molecule has 1 N–H and O–H groups in total. The maximum atomic E-state index is 9.05. The van der Waals surface area contributed by atoms with E-state index < -0.39 is 0 Å². The van der Waals surface area contributed by atoms with Crippen molar-refractivity contribution < 1.29 is 5.11 Å². The lowest BCUT2D eigenvalue weighted by Gasteiger charge is -2.24. The first kappa shape index (κ1) is 12.9. The Labute approximate surface area is 97.3 Å². The molecule has 0 spiro atoms. The van der Waals surface area contributed by atoms with Crippen LogP contribution in [0.15, 0.2) is 6.20 Å². The van der Waals surface area contributed by atoms with Crippen LogP contribution in [-0.2, 0) is 6.61 Å². The minimum atomic E-state index is 0.000338. The van der Waals surface area contributed by atoms with Crippen molar-refractivity contribution >= 4 is 5.95 Å². The predicted molar refractivity (Wildman–Crippen MR) is 65.5 cm³/mol. The standard InChI is InChI=1S/C12H21N3O/c1-5-6-9(2)15(4)12-13-7-11(8-16)10(3)14-12/h7,9,16H,5-6,8H2,1-4H3. The summed E-state index contributed by atoms with van der Waals surface area (Å²) in [6.45, 7) is 6.24. The molecule has 0 amide bonds. The van der Waals surface area contributed by atoms with Gasteiger partial charge in [-0.15, -0.1) is 0 Å². The van der Waals surface area contributed by atoms with Crippen molar-refractivity contribution in [3.8, 4) is 0 Å². The fourth-order valence-corrected chi connectivity index (χ4v) is 1.61. The molecular weight excluding hydrogens is 202 g/mol. The summed E-state index contributed by atoms with van der Waals surface area (Å²) in [5.41, 5.74) is 1.64. The van der Waals surface area contributed by atoms with Gasteiger partial charge in [0.25, 0.3) is 0 Å². The molecule has 0 radical (unpaired) electrons. The lowest BCUT2D eigenvalue weighted by atomic mass is 10.2. The zero-order valence-electron chi connectivity index (χ0n) is 10.6. The Morgan fingerprint density at radius 2 is 2.19 bits per heavy atom. The molecule has 0 saturated heterocycles. The predicted octanol–water partition coefficient (Wildman–Crippen LogP) is 1.90. The molecule has 1 aromatic rings. The van der Waals surface area contributed by atoms with Crippen molar-refractivity contribution in [3.05, 3.63) is 17.5 Å². The molecule has 0 aliphatic carbocycles. The number of nitrogens with zero attached hydrogens (tertiary/aromatic N) is 3. The van der Waals surface area contributed by atoms with Gasteiger partial charge >= 0.3 is 0 Å². The number of hydrogen-bond donors (Lipinski definition) is 1. The Kier molecular flexibility index (Phi) is 4.68. The van der Waals surface area contributed by atoms with Crippen LogP contribution >= 0.6 is 0 Å². The molecule has 1 heterocycles. The summed E-state index contributed by atoms with van der Waals surface area (Å²) in [5, 5.41) is 9.05. The molecule has 0 saturated carbocycles. The fourth-order valence-electron chi connectivity index (χ4n) is 1.61. The molecule has 1 atom stereocenters. The molecule has 16 heavy (non-hydrogen) atoms. The van der Waals surface area contributed by atoms with Crippen molar-refractivity contribution in [2.45, 2.75) is 46.3 Å². The highest BCUT2D eigenvalue weighted by molar-refractivity contribution is 5.32.